The van der Waals surface area contributed by atoms with Crippen molar-refractivity contribution in [2.75, 3.05) is 18.0 Å². The van der Waals surface area contributed by atoms with Crippen molar-refractivity contribution in [1.29, 1.82) is 5.26 Å². The molecule has 0 spiro atoms. The summed E-state index contributed by atoms with van der Waals surface area (Å²) < 4.78 is 32.3. The van der Waals surface area contributed by atoms with E-state index in [-0.39, 0.29) is 21.8 Å². The van der Waals surface area contributed by atoms with Gasteiger partial charge in [0.15, 0.2) is 6.61 Å². The van der Waals surface area contributed by atoms with Gasteiger partial charge in [-0.3, -0.25) is 24.7 Å². The number of carbonyl (C=O) groups is 2. The predicted octanol–water partition coefficient (Wildman–Crippen LogP) is 2.88. The second-order valence-corrected chi connectivity index (χ2v) is 9.28. The van der Waals surface area contributed by atoms with Crippen LogP contribution in [-0.4, -0.2) is 33.9 Å². The monoisotopic (exact) mass is 498 g/mol. The lowest BCUT2D eigenvalue weighted by Crippen LogP contribution is -2.43. The van der Waals surface area contributed by atoms with Crippen LogP contribution in [0.3, 0.4) is 0 Å². The lowest BCUT2D eigenvalue weighted by Gasteiger charge is -2.20. The molecule has 2 N–H and O–H groups in total. The van der Waals surface area contributed by atoms with Crippen LogP contribution < -0.4 is 19.9 Å². The number of nitrogens with one attached hydrogen (secondary N) is 2. The molecule has 0 aliphatic heterocycles. The Bertz CT molecular complexity index is 1370. The van der Waals surface area contributed by atoms with Crippen molar-refractivity contribution in [1.82, 2.24) is 10.9 Å². The highest BCUT2D eigenvalue weighted by atomic mass is 35.5. The van der Waals surface area contributed by atoms with Crippen molar-refractivity contribution in [3.63, 3.8) is 0 Å². The van der Waals surface area contributed by atoms with Crippen LogP contribution in [0.1, 0.15) is 15.9 Å². The summed E-state index contributed by atoms with van der Waals surface area (Å²) in [4.78, 5) is 24.3. The summed E-state index contributed by atoms with van der Waals surface area (Å²) in [6.45, 7) is -0.447. The van der Waals surface area contributed by atoms with Gasteiger partial charge in [0.2, 0.25) is 0 Å². The van der Waals surface area contributed by atoms with Gasteiger partial charge in [-0.05, 0) is 48.5 Å². The van der Waals surface area contributed by atoms with Gasteiger partial charge in [0.25, 0.3) is 21.8 Å². The van der Waals surface area contributed by atoms with Gasteiger partial charge >= 0.3 is 0 Å². The molecule has 0 aromatic heterocycles. The van der Waals surface area contributed by atoms with Crippen molar-refractivity contribution >= 4 is 39.1 Å². The van der Waals surface area contributed by atoms with E-state index in [0.717, 1.165) is 4.31 Å². The first-order chi connectivity index (χ1) is 16.2. The fourth-order valence-electron chi connectivity index (χ4n) is 2.83. The molecule has 0 bridgehead atoms. The number of nitrogens with zero attached hydrogens (tertiary/aromatic N) is 2. The van der Waals surface area contributed by atoms with Crippen LogP contribution in [0.5, 0.6) is 5.75 Å². The molecule has 0 saturated heterocycles. The maximum atomic E-state index is 13.0. The Morgan fingerprint density at radius 3 is 2.50 bits per heavy atom. The summed E-state index contributed by atoms with van der Waals surface area (Å²) >= 11 is 5.95. The van der Waals surface area contributed by atoms with Crippen LogP contribution in [0, 0.1) is 11.3 Å². The molecule has 0 aliphatic carbocycles. The molecular weight excluding hydrogens is 480 g/mol. The third-order valence-corrected chi connectivity index (χ3v) is 6.62. The number of hydrazine groups is 1. The van der Waals surface area contributed by atoms with Crippen LogP contribution in [0.2, 0.25) is 5.02 Å². The SMILES string of the molecule is CN(c1cccc(Cl)c1)S(=O)(=O)c1cccc(C(=O)NNC(=O)COc2ccccc2C#N)c1. The molecule has 3 rings (SSSR count). The molecular formula is C23H19ClN4O5S. The highest BCUT2D eigenvalue weighted by Crippen LogP contribution is 2.25. The van der Waals surface area contributed by atoms with Gasteiger partial charge < -0.3 is 4.74 Å². The van der Waals surface area contributed by atoms with E-state index in [1.165, 1.54) is 43.4 Å². The second-order valence-electron chi connectivity index (χ2n) is 6.88. The first-order valence-corrected chi connectivity index (χ1v) is 11.6. The standard InChI is InChI=1S/C23H19ClN4O5S/c1-28(19-9-5-8-18(24)13-19)34(31,32)20-10-4-7-16(12-20)23(30)27-26-22(29)15-33-21-11-3-2-6-17(21)14-25/h2-13H,15H2,1H3,(H,26,29)(H,27,30). The highest BCUT2D eigenvalue weighted by Gasteiger charge is 2.23. The van der Waals surface area contributed by atoms with Crippen LogP contribution in [0.15, 0.2) is 77.7 Å². The molecule has 34 heavy (non-hydrogen) atoms. The minimum atomic E-state index is -3.98. The van der Waals surface area contributed by atoms with Crippen LogP contribution >= 0.6 is 11.6 Å². The summed E-state index contributed by atoms with van der Waals surface area (Å²) in [6.07, 6.45) is 0. The fourth-order valence-corrected chi connectivity index (χ4v) is 4.25. The van der Waals surface area contributed by atoms with Crippen LogP contribution in [0.4, 0.5) is 5.69 Å². The van der Waals surface area contributed by atoms with E-state index in [0.29, 0.717) is 10.7 Å². The smallest absolute Gasteiger partial charge is 0.276 e. The van der Waals surface area contributed by atoms with Crippen molar-refractivity contribution in [3.05, 3.63) is 88.9 Å². The fraction of sp³-hybridized carbons (Fsp3) is 0.0870. The molecule has 0 aliphatic rings. The van der Waals surface area contributed by atoms with Crippen LogP contribution in [0.25, 0.3) is 0 Å². The Hall–Kier alpha value is -4.07. The molecule has 9 nitrogen and oxygen atoms in total. The summed E-state index contributed by atoms with van der Waals surface area (Å²) in [7, 11) is -2.61. The third kappa shape index (κ3) is 5.83. The number of carbonyl (C=O) groups excluding carboxylic acids is 2. The summed E-state index contributed by atoms with van der Waals surface area (Å²) in [6, 6.07) is 20.0. The maximum Gasteiger partial charge on any atom is 0.276 e. The van der Waals surface area contributed by atoms with Crippen molar-refractivity contribution in [2.45, 2.75) is 4.90 Å². The zero-order chi connectivity index (χ0) is 24.7. The third-order valence-electron chi connectivity index (χ3n) is 4.61. The first kappa shape index (κ1) is 24.6. The van der Waals surface area contributed by atoms with E-state index >= 15 is 0 Å². The number of hydrogen-bond acceptors (Lipinski definition) is 6. The van der Waals surface area contributed by atoms with E-state index < -0.39 is 28.4 Å². The van der Waals surface area contributed by atoms with Gasteiger partial charge in [-0.2, -0.15) is 5.26 Å². The molecule has 0 fully saturated rings. The van der Waals surface area contributed by atoms with E-state index in [4.69, 9.17) is 21.6 Å². The van der Waals surface area contributed by atoms with Gasteiger partial charge in [-0.25, -0.2) is 8.42 Å². The lowest BCUT2D eigenvalue weighted by molar-refractivity contribution is -0.123. The quantitative estimate of drug-likeness (QED) is 0.482. The minimum Gasteiger partial charge on any atom is -0.482 e. The maximum absolute atomic E-state index is 13.0. The molecule has 0 radical (unpaired) electrons. The average molecular weight is 499 g/mol. The number of sulfonamides is 1. The molecule has 174 valence electrons. The summed E-state index contributed by atoms with van der Waals surface area (Å²) in [5.74, 6) is -1.17. The predicted molar refractivity (Wildman–Crippen MR) is 126 cm³/mol. The zero-order valence-corrected chi connectivity index (χ0v) is 19.4. The van der Waals surface area contributed by atoms with E-state index in [1.54, 1.807) is 36.4 Å². The Morgan fingerprint density at radius 1 is 1.03 bits per heavy atom. The van der Waals surface area contributed by atoms with Gasteiger partial charge in [0, 0.05) is 17.6 Å². The van der Waals surface area contributed by atoms with Crippen molar-refractivity contribution in [2.24, 2.45) is 0 Å². The number of benzene rings is 3. The number of nitriles is 1. The topological polar surface area (TPSA) is 129 Å². The van der Waals surface area contributed by atoms with E-state index in [2.05, 4.69) is 10.9 Å². The normalized spacial score (nSPS) is 10.6. The van der Waals surface area contributed by atoms with Crippen molar-refractivity contribution < 1.29 is 22.7 Å². The number of hydrogen-bond donors (Lipinski definition) is 2. The number of para-hydroxylation sites is 1. The molecule has 3 aromatic carbocycles. The molecule has 11 heteroatoms. The number of rotatable bonds is 7. The minimum absolute atomic E-state index is 0.0108. The molecule has 2 amide bonds. The van der Waals surface area contributed by atoms with E-state index in [9.17, 15) is 18.0 Å². The Kier molecular flexibility index (Phi) is 7.73. The Morgan fingerprint density at radius 2 is 1.76 bits per heavy atom. The Labute approximate surface area is 201 Å². The zero-order valence-electron chi connectivity index (χ0n) is 17.9. The molecule has 0 atom stereocenters. The van der Waals surface area contributed by atoms with Crippen molar-refractivity contribution in [3.8, 4) is 11.8 Å². The Balaban J connectivity index is 1.64. The molecule has 0 saturated carbocycles. The summed E-state index contributed by atoms with van der Waals surface area (Å²) in [5.41, 5.74) is 5.01. The molecule has 3 aromatic rings. The van der Waals surface area contributed by atoms with E-state index in [1.807, 2.05) is 6.07 Å². The number of anilines is 1. The highest BCUT2D eigenvalue weighted by molar-refractivity contribution is 7.92. The van der Waals surface area contributed by atoms with Gasteiger partial charge in [0.05, 0.1) is 16.1 Å². The average Bonchev–Trinajstić information content (AvgIpc) is 2.85. The van der Waals surface area contributed by atoms with Gasteiger partial charge in [0.1, 0.15) is 11.8 Å². The number of amides is 2. The van der Waals surface area contributed by atoms with Crippen LogP contribution in [-0.2, 0) is 14.8 Å². The molecule has 0 unspecified atom stereocenters. The number of halogens is 1. The first-order valence-electron chi connectivity index (χ1n) is 9.78. The largest absolute Gasteiger partial charge is 0.482 e. The lowest BCUT2D eigenvalue weighted by atomic mass is 10.2. The molecule has 0 heterocycles. The second kappa shape index (κ2) is 10.7. The number of ether oxygens (including phenoxy) is 1. The van der Waals surface area contributed by atoms with Gasteiger partial charge in [-0.15, -0.1) is 0 Å². The summed E-state index contributed by atoms with van der Waals surface area (Å²) in [5, 5.41) is 9.42. The van der Waals surface area contributed by atoms with Gasteiger partial charge in [-0.1, -0.05) is 35.9 Å².